The predicted octanol–water partition coefficient (Wildman–Crippen LogP) is 4.74. The molecule has 108 valence electrons. The topological polar surface area (TPSA) is 20.3 Å². The van der Waals surface area contributed by atoms with Crippen LogP contribution in [0.3, 0.4) is 0 Å². The summed E-state index contributed by atoms with van der Waals surface area (Å²) < 4.78 is 12.3. The van der Waals surface area contributed by atoms with Gasteiger partial charge in [-0.05, 0) is 29.8 Å². The van der Waals surface area contributed by atoms with E-state index in [1.165, 1.54) is 17.0 Å². The van der Waals surface area contributed by atoms with Crippen LogP contribution in [0.2, 0.25) is 5.02 Å². The molecule has 0 aliphatic carbocycles. The standard InChI is InChI=1S/C15H9Cl3FNO/c16-10-7-5-9(6-8-10)13-15(17,18)14(21)20(13)12-4-2-1-3-11(12)19/h1-8,13H. The van der Waals surface area contributed by atoms with Crippen LogP contribution in [0.15, 0.2) is 48.5 Å². The number of para-hydroxylation sites is 1. The minimum atomic E-state index is -1.61. The lowest BCUT2D eigenvalue weighted by molar-refractivity contribution is -0.125. The first-order valence-corrected chi connectivity index (χ1v) is 7.28. The van der Waals surface area contributed by atoms with E-state index >= 15 is 0 Å². The molecule has 0 N–H and O–H groups in total. The largest absolute Gasteiger partial charge is 0.296 e. The molecular formula is C15H9Cl3FNO. The minimum Gasteiger partial charge on any atom is -0.296 e. The summed E-state index contributed by atoms with van der Waals surface area (Å²) in [6.45, 7) is 0. The van der Waals surface area contributed by atoms with Crippen molar-refractivity contribution in [1.82, 2.24) is 0 Å². The predicted molar refractivity (Wildman–Crippen MR) is 82.5 cm³/mol. The van der Waals surface area contributed by atoms with Crippen molar-refractivity contribution in [2.75, 3.05) is 4.90 Å². The summed E-state index contributed by atoms with van der Waals surface area (Å²) in [6, 6.07) is 12.1. The average Bonchev–Trinajstić information content (AvgIpc) is 2.46. The summed E-state index contributed by atoms with van der Waals surface area (Å²) in [5.74, 6) is -1.05. The van der Waals surface area contributed by atoms with Gasteiger partial charge in [0.15, 0.2) is 0 Å². The Morgan fingerprint density at radius 2 is 1.67 bits per heavy atom. The zero-order valence-corrected chi connectivity index (χ0v) is 12.8. The van der Waals surface area contributed by atoms with Crippen LogP contribution in [-0.4, -0.2) is 10.2 Å². The average molecular weight is 345 g/mol. The first-order valence-electron chi connectivity index (χ1n) is 6.14. The number of anilines is 1. The van der Waals surface area contributed by atoms with Gasteiger partial charge < -0.3 is 0 Å². The van der Waals surface area contributed by atoms with Gasteiger partial charge in [0.1, 0.15) is 11.9 Å². The van der Waals surface area contributed by atoms with E-state index in [1.54, 1.807) is 36.4 Å². The quantitative estimate of drug-likeness (QED) is 0.569. The van der Waals surface area contributed by atoms with Crippen LogP contribution in [0, 0.1) is 5.82 Å². The van der Waals surface area contributed by atoms with E-state index in [9.17, 15) is 9.18 Å². The number of nitrogens with zero attached hydrogens (tertiary/aromatic N) is 1. The van der Waals surface area contributed by atoms with Gasteiger partial charge in [-0.1, -0.05) is 59.1 Å². The monoisotopic (exact) mass is 343 g/mol. The summed E-state index contributed by atoms with van der Waals surface area (Å²) >= 11 is 18.1. The smallest absolute Gasteiger partial charge is 0.266 e. The highest BCUT2D eigenvalue weighted by Gasteiger charge is 2.60. The van der Waals surface area contributed by atoms with E-state index in [4.69, 9.17) is 34.8 Å². The molecule has 1 saturated heterocycles. The summed E-state index contributed by atoms with van der Waals surface area (Å²) in [7, 11) is 0. The lowest BCUT2D eigenvalue weighted by atomic mass is 9.91. The molecule has 0 spiro atoms. The maximum Gasteiger partial charge on any atom is 0.266 e. The number of amides is 1. The Bertz CT molecular complexity index is 702. The number of alkyl halides is 2. The van der Waals surface area contributed by atoms with E-state index in [2.05, 4.69) is 0 Å². The molecule has 2 aromatic rings. The van der Waals surface area contributed by atoms with Crippen molar-refractivity contribution in [1.29, 1.82) is 0 Å². The zero-order valence-electron chi connectivity index (χ0n) is 10.6. The highest BCUT2D eigenvalue weighted by atomic mass is 35.5. The van der Waals surface area contributed by atoms with Gasteiger partial charge in [-0.2, -0.15) is 0 Å². The van der Waals surface area contributed by atoms with Gasteiger partial charge in [-0.3, -0.25) is 9.69 Å². The van der Waals surface area contributed by atoms with Crippen LogP contribution in [-0.2, 0) is 4.79 Å². The SMILES string of the molecule is O=C1N(c2ccccc2F)C(c2ccc(Cl)cc2)C1(Cl)Cl. The number of hydrogen-bond acceptors (Lipinski definition) is 1. The second-order valence-corrected chi connectivity index (χ2v) is 6.53. The highest BCUT2D eigenvalue weighted by molar-refractivity contribution is 6.62. The number of rotatable bonds is 2. The van der Waals surface area contributed by atoms with Crippen molar-refractivity contribution in [2.24, 2.45) is 0 Å². The molecule has 2 aromatic carbocycles. The maximum absolute atomic E-state index is 13.9. The van der Waals surface area contributed by atoms with E-state index in [0.29, 0.717) is 10.6 Å². The van der Waals surface area contributed by atoms with E-state index in [-0.39, 0.29) is 5.69 Å². The van der Waals surface area contributed by atoms with Gasteiger partial charge in [0.2, 0.25) is 4.33 Å². The Morgan fingerprint density at radius 1 is 1.05 bits per heavy atom. The van der Waals surface area contributed by atoms with Crippen LogP contribution in [0.25, 0.3) is 0 Å². The van der Waals surface area contributed by atoms with Crippen LogP contribution >= 0.6 is 34.8 Å². The lowest BCUT2D eigenvalue weighted by Gasteiger charge is -2.49. The fourth-order valence-corrected chi connectivity index (χ4v) is 3.15. The first-order chi connectivity index (χ1) is 9.93. The van der Waals surface area contributed by atoms with Crippen LogP contribution in [0.5, 0.6) is 0 Å². The summed E-state index contributed by atoms with van der Waals surface area (Å²) in [4.78, 5) is 13.4. The summed E-state index contributed by atoms with van der Waals surface area (Å²) in [6.07, 6.45) is 0. The normalized spacial score (nSPS) is 20.3. The Morgan fingerprint density at radius 3 is 2.29 bits per heavy atom. The fraction of sp³-hybridized carbons (Fsp3) is 0.133. The Kier molecular flexibility index (Phi) is 3.60. The molecule has 0 radical (unpaired) electrons. The van der Waals surface area contributed by atoms with Gasteiger partial charge in [0.25, 0.3) is 5.91 Å². The summed E-state index contributed by atoms with van der Waals surface area (Å²) in [5.41, 5.74) is 0.839. The molecule has 2 nitrogen and oxygen atoms in total. The number of halogens is 4. The van der Waals surface area contributed by atoms with Crippen LogP contribution in [0.4, 0.5) is 10.1 Å². The Labute approximate surface area is 136 Å². The Balaban J connectivity index is 2.06. The van der Waals surface area contributed by atoms with E-state index in [0.717, 1.165) is 0 Å². The molecule has 0 aromatic heterocycles. The van der Waals surface area contributed by atoms with Crippen molar-refractivity contribution in [3.05, 3.63) is 64.9 Å². The highest BCUT2D eigenvalue weighted by Crippen LogP contribution is 2.53. The zero-order chi connectivity index (χ0) is 15.2. The Hall–Kier alpha value is -1.29. The molecule has 0 bridgehead atoms. The molecule has 1 aliphatic heterocycles. The number of carbonyl (C=O) groups is 1. The molecule has 3 rings (SSSR count). The van der Waals surface area contributed by atoms with E-state index in [1.807, 2.05) is 0 Å². The second kappa shape index (κ2) is 5.16. The van der Waals surface area contributed by atoms with Crippen molar-refractivity contribution < 1.29 is 9.18 Å². The van der Waals surface area contributed by atoms with Gasteiger partial charge in [0, 0.05) is 5.02 Å². The van der Waals surface area contributed by atoms with Gasteiger partial charge in [0.05, 0.1) is 5.69 Å². The molecule has 1 fully saturated rings. The minimum absolute atomic E-state index is 0.152. The molecule has 1 aliphatic rings. The summed E-state index contributed by atoms with van der Waals surface area (Å²) in [5, 5.41) is 0.552. The van der Waals surface area contributed by atoms with Gasteiger partial charge >= 0.3 is 0 Å². The lowest BCUT2D eigenvalue weighted by Crippen LogP contribution is -2.63. The number of hydrogen-bond donors (Lipinski definition) is 0. The van der Waals surface area contributed by atoms with Crippen molar-refractivity contribution in [3.8, 4) is 0 Å². The fourth-order valence-electron chi connectivity index (χ4n) is 2.39. The molecule has 1 heterocycles. The maximum atomic E-state index is 13.9. The molecule has 1 amide bonds. The third-order valence-electron chi connectivity index (χ3n) is 3.40. The molecule has 1 unspecified atom stereocenters. The third kappa shape index (κ3) is 2.30. The van der Waals surface area contributed by atoms with Crippen LogP contribution < -0.4 is 4.90 Å². The van der Waals surface area contributed by atoms with Gasteiger partial charge in [-0.15, -0.1) is 0 Å². The number of benzene rings is 2. The molecule has 1 atom stereocenters. The van der Waals surface area contributed by atoms with Gasteiger partial charge in [-0.25, -0.2) is 4.39 Å². The molecule has 21 heavy (non-hydrogen) atoms. The molecular weight excluding hydrogens is 336 g/mol. The van der Waals surface area contributed by atoms with E-state index < -0.39 is 22.1 Å². The molecule has 6 heteroatoms. The van der Waals surface area contributed by atoms with Crippen molar-refractivity contribution in [2.45, 2.75) is 10.4 Å². The molecule has 0 saturated carbocycles. The number of carbonyl (C=O) groups excluding carboxylic acids is 1. The van der Waals surface area contributed by atoms with Crippen molar-refractivity contribution in [3.63, 3.8) is 0 Å². The van der Waals surface area contributed by atoms with Crippen molar-refractivity contribution >= 4 is 46.4 Å². The second-order valence-electron chi connectivity index (χ2n) is 4.70. The number of β-lactam (4-membered cyclic amide) rings is 1. The van der Waals surface area contributed by atoms with Crippen LogP contribution in [0.1, 0.15) is 11.6 Å². The first kappa shape index (κ1) is 14.6. The third-order valence-corrected chi connectivity index (χ3v) is 4.39.